The molecule has 0 amide bonds. The Hall–Kier alpha value is -1.39. The monoisotopic (exact) mass is 250 g/mol. The van der Waals surface area contributed by atoms with Crippen LogP contribution in [0.15, 0.2) is 30.3 Å². The molecular formula is C14H18O4. The lowest BCUT2D eigenvalue weighted by Crippen LogP contribution is -2.29. The van der Waals surface area contributed by atoms with Gasteiger partial charge in [0.1, 0.15) is 6.61 Å². The van der Waals surface area contributed by atoms with Crippen LogP contribution in [-0.4, -0.2) is 29.9 Å². The van der Waals surface area contributed by atoms with Crippen LogP contribution in [0.3, 0.4) is 0 Å². The molecule has 0 heterocycles. The highest BCUT2D eigenvalue weighted by molar-refractivity contribution is 5.82. The first-order chi connectivity index (χ1) is 8.77. The van der Waals surface area contributed by atoms with E-state index in [0.29, 0.717) is 25.9 Å². The smallest absolute Gasteiger partial charge is 0.338 e. The maximum absolute atomic E-state index is 11.9. The van der Waals surface area contributed by atoms with Crippen molar-refractivity contribution in [3.8, 4) is 0 Å². The normalized spacial score (nSPS) is 16.3. The zero-order valence-electron chi connectivity index (χ0n) is 10.3. The molecule has 0 unspecified atom stereocenters. The molecule has 0 aromatic heterocycles. The fourth-order valence-corrected chi connectivity index (χ4v) is 1.71. The number of hydrogen-bond donors (Lipinski definition) is 1. The fourth-order valence-electron chi connectivity index (χ4n) is 1.71. The molecule has 1 aromatic rings. The number of aliphatic hydroxyl groups excluding tert-OH is 1. The van der Waals surface area contributed by atoms with E-state index in [1.807, 2.05) is 30.3 Å². The van der Waals surface area contributed by atoms with Crippen molar-refractivity contribution in [1.29, 1.82) is 0 Å². The van der Waals surface area contributed by atoms with Crippen LogP contribution < -0.4 is 0 Å². The van der Waals surface area contributed by atoms with E-state index in [4.69, 9.17) is 14.6 Å². The quantitative estimate of drug-likeness (QED) is 0.590. The van der Waals surface area contributed by atoms with Gasteiger partial charge in [-0.2, -0.15) is 0 Å². The van der Waals surface area contributed by atoms with Gasteiger partial charge in [0, 0.05) is 6.61 Å². The lowest BCUT2D eigenvalue weighted by Gasteiger charge is -2.15. The largest absolute Gasteiger partial charge is 0.459 e. The fraction of sp³-hybridized carbons (Fsp3) is 0.500. The zero-order valence-corrected chi connectivity index (χ0v) is 10.3. The summed E-state index contributed by atoms with van der Waals surface area (Å²) in [6.07, 6.45) is 1.98. The molecular weight excluding hydrogens is 232 g/mol. The van der Waals surface area contributed by atoms with Crippen molar-refractivity contribution in [2.24, 2.45) is 0 Å². The van der Waals surface area contributed by atoms with E-state index in [9.17, 15) is 4.79 Å². The Morgan fingerprint density at radius 2 is 2.00 bits per heavy atom. The van der Waals surface area contributed by atoms with Crippen LogP contribution in [0.1, 0.15) is 24.8 Å². The molecule has 1 aromatic carbocycles. The Labute approximate surface area is 107 Å². The summed E-state index contributed by atoms with van der Waals surface area (Å²) in [4.78, 5) is 11.9. The lowest BCUT2D eigenvalue weighted by atomic mass is 10.2. The second-order valence-electron chi connectivity index (χ2n) is 4.48. The van der Waals surface area contributed by atoms with Crippen LogP contribution in [-0.2, 0) is 20.9 Å². The van der Waals surface area contributed by atoms with Gasteiger partial charge >= 0.3 is 5.97 Å². The van der Waals surface area contributed by atoms with Gasteiger partial charge in [-0.3, -0.25) is 0 Å². The number of esters is 1. The van der Waals surface area contributed by atoms with Crippen LogP contribution in [0.4, 0.5) is 0 Å². The van der Waals surface area contributed by atoms with Crippen LogP contribution in [0.25, 0.3) is 0 Å². The Bertz CT molecular complexity index is 384. The van der Waals surface area contributed by atoms with Crippen LogP contribution >= 0.6 is 0 Å². The third kappa shape index (κ3) is 3.31. The van der Waals surface area contributed by atoms with Crippen molar-refractivity contribution >= 4 is 5.97 Å². The summed E-state index contributed by atoms with van der Waals surface area (Å²) in [5, 5.41) is 8.68. The minimum atomic E-state index is -0.732. The van der Waals surface area contributed by atoms with Crippen LogP contribution in [0, 0.1) is 0 Å². The molecule has 1 N–H and O–H groups in total. The zero-order chi connectivity index (χ0) is 12.8. The van der Waals surface area contributed by atoms with E-state index >= 15 is 0 Å². The highest BCUT2D eigenvalue weighted by atomic mass is 16.6. The molecule has 4 heteroatoms. The number of hydrogen-bond acceptors (Lipinski definition) is 4. The number of carbonyl (C=O) groups excluding carboxylic acids is 1. The molecule has 1 aliphatic carbocycles. The van der Waals surface area contributed by atoms with Crippen molar-refractivity contribution in [3.63, 3.8) is 0 Å². The van der Waals surface area contributed by atoms with Crippen molar-refractivity contribution in [3.05, 3.63) is 35.9 Å². The summed E-state index contributed by atoms with van der Waals surface area (Å²) in [6.45, 7) is 0.761. The molecule has 2 rings (SSSR count). The van der Waals surface area contributed by atoms with Gasteiger partial charge in [0.05, 0.1) is 6.61 Å². The molecule has 0 atom stereocenters. The van der Waals surface area contributed by atoms with Crippen LogP contribution in [0.5, 0.6) is 0 Å². The first-order valence-corrected chi connectivity index (χ1v) is 6.23. The Morgan fingerprint density at radius 1 is 1.28 bits per heavy atom. The average molecular weight is 250 g/mol. The van der Waals surface area contributed by atoms with E-state index in [1.165, 1.54) is 0 Å². The SMILES string of the molecule is O=C(OCc1ccccc1)C1(OCCCO)CC1. The topological polar surface area (TPSA) is 55.8 Å². The van der Waals surface area contributed by atoms with E-state index < -0.39 is 5.60 Å². The molecule has 0 aliphatic heterocycles. The van der Waals surface area contributed by atoms with Gasteiger partial charge in [-0.25, -0.2) is 4.79 Å². The number of carbonyl (C=O) groups is 1. The molecule has 0 saturated heterocycles. The molecule has 0 spiro atoms. The van der Waals surface area contributed by atoms with Crippen LogP contribution in [0.2, 0.25) is 0 Å². The van der Waals surface area contributed by atoms with E-state index in [1.54, 1.807) is 0 Å². The van der Waals surface area contributed by atoms with Crippen molar-refractivity contribution in [2.45, 2.75) is 31.5 Å². The van der Waals surface area contributed by atoms with Crippen molar-refractivity contribution < 1.29 is 19.4 Å². The standard InChI is InChI=1S/C14H18O4/c15-9-4-10-18-14(7-8-14)13(16)17-11-12-5-2-1-3-6-12/h1-3,5-6,15H,4,7-11H2. The Balaban J connectivity index is 1.78. The molecule has 18 heavy (non-hydrogen) atoms. The molecule has 4 nitrogen and oxygen atoms in total. The van der Waals surface area contributed by atoms with Gasteiger partial charge in [-0.1, -0.05) is 30.3 Å². The first kappa shape index (κ1) is 13.1. The molecule has 0 bridgehead atoms. The van der Waals surface area contributed by atoms with Gasteiger partial charge in [0.2, 0.25) is 0 Å². The molecule has 0 radical (unpaired) electrons. The minimum absolute atomic E-state index is 0.0785. The summed E-state index contributed by atoms with van der Waals surface area (Å²) in [5.41, 5.74) is 0.237. The number of ether oxygens (including phenoxy) is 2. The average Bonchev–Trinajstić information content (AvgIpc) is 3.19. The third-order valence-electron chi connectivity index (χ3n) is 2.97. The second-order valence-corrected chi connectivity index (χ2v) is 4.48. The summed E-state index contributed by atoms with van der Waals surface area (Å²) in [7, 11) is 0. The lowest BCUT2D eigenvalue weighted by molar-refractivity contribution is -0.162. The van der Waals surface area contributed by atoms with E-state index in [2.05, 4.69) is 0 Å². The molecule has 1 saturated carbocycles. The second kappa shape index (κ2) is 5.98. The molecule has 1 aliphatic rings. The highest BCUT2D eigenvalue weighted by Crippen LogP contribution is 2.41. The summed E-state index contributed by atoms with van der Waals surface area (Å²) in [6, 6.07) is 9.58. The maximum atomic E-state index is 11.9. The highest BCUT2D eigenvalue weighted by Gasteiger charge is 2.52. The number of aliphatic hydroxyl groups is 1. The predicted molar refractivity (Wildman–Crippen MR) is 65.9 cm³/mol. The number of benzene rings is 1. The van der Waals surface area contributed by atoms with E-state index in [0.717, 1.165) is 5.56 Å². The van der Waals surface area contributed by atoms with Crippen molar-refractivity contribution in [1.82, 2.24) is 0 Å². The third-order valence-corrected chi connectivity index (χ3v) is 2.97. The van der Waals surface area contributed by atoms with E-state index in [-0.39, 0.29) is 19.2 Å². The van der Waals surface area contributed by atoms with Gasteiger partial charge < -0.3 is 14.6 Å². The van der Waals surface area contributed by atoms with Gasteiger partial charge in [-0.05, 0) is 24.8 Å². The summed E-state index contributed by atoms with van der Waals surface area (Å²) >= 11 is 0. The van der Waals surface area contributed by atoms with Crippen molar-refractivity contribution in [2.75, 3.05) is 13.2 Å². The minimum Gasteiger partial charge on any atom is -0.459 e. The molecule has 1 fully saturated rings. The van der Waals surface area contributed by atoms with Gasteiger partial charge in [-0.15, -0.1) is 0 Å². The maximum Gasteiger partial charge on any atom is 0.338 e. The summed E-state index contributed by atoms with van der Waals surface area (Å²) < 4.78 is 10.8. The first-order valence-electron chi connectivity index (χ1n) is 6.23. The van der Waals surface area contributed by atoms with Gasteiger partial charge in [0.15, 0.2) is 5.60 Å². The number of rotatable bonds is 7. The Kier molecular flexibility index (Phi) is 4.33. The molecule has 98 valence electrons. The predicted octanol–water partition coefficient (Wildman–Crippen LogP) is 1.66. The summed E-state index contributed by atoms with van der Waals surface area (Å²) in [5.74, 6) is -0.288. The Morgan fingerprint density at radius 3 is 2.61 bits per heavy atom. The van der Waals surface area contributed by atoms with Gasteiger partial charge in [0.25, 0.3) is 0 Å².